The molecule has 9 heteroatoms. The summed E-state index contributed by atoms with van der Waals surface area (Å²) < 4.78 is 42.5. The summed E-state index contributed by atoms with van der Waals surface area (Å²) in [5, 5.41) is 2.04. The zero-order valence-electron chi connectivity index (χ0n) is 10.2. The van der Waals surface area contributed by atoms with E-state index in [9.17, 15) is 22.8 Å². The molecule has 2 aromatic rings. The maximum Gasteiger partial charge on any atom is 0.417 e. The van der Waals surface area contributed by atoms with Crippen molar-refractivity contribution in [3.63, 3.8) is 0 Å². The Morgan fingerprint density at radius 3 is 2.65 bits per heavy atom. The fraction of sp³-hybridized carbons (Fsp3) is 0.273. The maximum absolute atomic E-state index is 12.6. The van der Waals surface area contributed by atoms with Gasteiger partial charge in [0, 0.05) is 5.69 Å². The standard InChI is InChI=1S/C11H10F3N3O3/c1-10(15,11(12,13)14)8(18)16-5-2-3-7-6(4-5)17-9(19)20-7/h2-4H,15H2,1H3,(H,16,18)(H,17,19). The van der Waals surface area contributed by atoms with Gasteiger partial charge < -0.3 is 15.5 Å². The van der Waals surface area contributed by atoms with Crippen LogP contribution in [0, 0.1) is 0 Å². The van der Waals surface area contributed by atoms with E-state index in [0.29, 0.717) is 6.92 Å². The molecule has 0 saturated heterocycles. The van der Waals surface area contributed by atoms with E-state index in [1.807, 2.05) is 5.32 Å². The molecule has 0 radical (unpaired) electrons. The number of aromatic amines is 1. The first-order chi connectivity index (χ1) is 9.11. The molecular weight excluding hydrogens is 279 g/mol. The Morgan fingerprint density at radius 1 is 1.40 bits per heavy atom. The van der Waals surface area contributed by atoms with Gasteiger partial charge in [-0.05, 0) is 25.1 Å². The molecule has 1 aromatic carbocycles. The van der Waals surface area contributed by atoms with Crippen molar-refractivity contribution in [2.24, 2.45) is 5.73 Å². The number of rotatable bonds is 2. The summed E-state index contributed by atoms with van der Waals surface area (Å²) in [5.41, 5.74) is 2.49. The zero-order chi connectivity index (χ0) is 15.1. The number of halogens is 3. The summed E-state index contributed by atoms with van der Waals surface area (Å²) in [6.07, 6.45) is -4.88. The highest BCUT2D eigenvalue weighted by Crippen LogP contribution is 2.29. The molecule has 0 bridgehead atoms. The van der Waals surface area contributed by atoms with Crippen molar-refractivity contribution in [3.05, 3.63) is 28.7 Å². The van der Waals surface area contributed by atoms with E-state index in [1.165, 1.54) is 18.2 Å². The molecule has 1 heterocycles. The minimum absolute atomic E-state index is 0.0560. The fourth-order valence-electron chi connectivity index (χ4n) is 1.42. The molecule has 0 saturated carbocycles. The number of fused-ring (bicyclic) bond motifs is 1. The predicted molar refractivity (Wildman–Crippen MR) is 64.1 cm³/mol. The number of carbonyl (C=O) groups excluding carboxylic acids is 1. The van der Waals surface area contributed by atoms with Crippen LogP contribution in [0.3, 0.4) is 0 Å². The van der Waals surface area contributed by atoms with Crippen LogP contribution in [0.5, 0.6) is 0 Å². The number of nitrogens with two attached hydrogens (primary N) is 1. The van der Waals surface area contributed by atoms with Crippen molar-refractivity contribution >= 4 is 22.7 Å². The highest BCUT2D eigenvalue weighted by Gasteiger charge is 2.53. The molecule has 1 amide bonds. The zero-order valence-corrected chi connectivity index (χ0v) is 10.2. The molecule has 6 nitrogen and oxygen atoms in total. The number of benzene rings is 1. The van der Waals surface area contributed by atoms with Crippen molar-refractivity contribution in [1.82, 2.24) is 4.98 Å². The second-order valence-electron chi connectivity index (χ2n) is 4.38. The number of alkyl halides is 3. The van der Waals surface area contributed by atoms with E-state index >= 15 is 0 Å². The monoisotopic (exact) mass is 289 g/mol. The Labute approximate surface area is 109 Å². The first-order valence-electron chi connectivity index (χ1n) is 5.41. The summed E-state index contributed by atoms with van der Waals surface area (Å²) >= 11 is 0. The quantitative estimate of drug-likeness (QED) is 0.776. The molecule has 108 valence electrons. The SMILES string of the molecule is CC(N)(C(=O)Nc1ccc2oc(=O)[nH]c2c1)C(F)(F)F. The number of hydrogen-bond acceptors (Lipinski definition) is 4. The average Bonchev–Trinajstić information content (AvgIpc) is 2.66. The Hall–Kier alpha value is -2.29. The third-order valence-electron chi connectivity index (χ3n) is 2.74. The lowest BCUT2D eigenvalue weighted by atomic mass is 10.0. The average molecular weight is 289 g/mol. The van der Waals surface area contributed by atoms with Crippen molar-refractivity contribution in [2.45, 2.75) is 18.6 Å². The lowest BCUT2D eigenvalue weighted by molar-refractivity contribution is -0.184. The van der Waals surface area contributed by atoms with Crippen LogP contribution in [0.1, 0.15) is 6.92 Å². The Morgan fingerprint density at radius 2 is 2.05 bits per heavy atom. The summed E-state index contributed by atoms with van der Waals surface area (Å²) in [4.78, 5) is 24.8. The minimum Gasteiger partial charge on any atom is -0.408 e. The van der Waals surface area contributed by atoms with Gasteiger partial charge >= 0.3 is 11.9 Å². The smallest absolute Gasteiger partial charge is 0.408 e. The Bertz CT molecular complexity index is 715. The van der Waals surface area contributed by atoms with Gasteiger partial charge in [-0.3, -0.25) is 9.78 Å². The fourth-order valence-corrected chi connectivity index (χ4v) is 1.42. The molecule has 4 N–H and O–H groups in total. The van der Waals surface area contributed by atoms with Gasteiger partial charge in [0.2, 0.25) is 0 Å². The molecular formula is C11H10F3N3O3. The topological polar surface area (TPSA) is 101 Å². The van der Waals surface area contributed by atoms with Crippen LogP contribution in [-0.4, -0.2) is 22.6 Å². The molecule has 1 atom stereocenters. The first kappa shape index (κ1) is 14.1. The van der Waals surface area contributed by atoms with Crippen molar-refractivity contribution < 1.29 is 22.4 Å². The van der Waals surface area contributed by atoms with Crippen LogP contribution in [-0.2, 0) is 4.79 Å². The molecule has 0 fully saturated rings. The van der Waals surface area contributed by atoms with Crippen LogP contribution < -0.4 is 16.8 Å². The van der Waals surface area contributed by atoms with Crippen molar-refractivity contribution in [1.29, 1.82) is 0 Å². The van der Waals surface area contributed by atoms with Crippen LogP contribution in [0.4, 0.5) is 18.9 Å². The lowest BCUT2D eigenvalue weighted by Crippen LogP contribution is -2.59. The Balaban J connectivity index is 2.28. The second-order valence-corrected chi connectivity index (χ2v) is 4.38. The molecule has 1 unspecified atom stereocenters. The summed E-state index contributed by atoms with van der Waals surface area (Å²) in [6, 6.07) is 3.90. The minimum atomic E-state index is -4.88. The molecule has 0 spiro atoms. The van der Waals surface area contributed by atoms with Gasteiger partial charge in [0.1, 0.15) is 0 Å². The van der Waals surface area contributed by atoms with Gasteiger partial charge in [0.25, 0.3) is 5.91 Å². The third kappa shape index (κ3) is 2.39. The molecule has 2 rings (SSSR count). The molecule has 0 aliphatic rings. The van der Waals surface area contributed by atoms with Gasteiger partial charge in [0.05, 0.1) is 5.52 Å². The normalized spacial score (nSPS) is 15.1. The number of nitrogens with one attached hydrogen (secondary N) is 2. The number of anilines is 1. The Kier molecular flexibility index (Phi) is 3.09. The lowest BCUT2D eigenvalue weighted by Gasteiger charge is -2.26. The molecule has 0 aliphatic heterocycles. The highest BCUT2D eigenvalue weighted by molar-refractivity contribution is 5.99. The number of aromatic nitrogens is 1. The second kappa shape index (κ2) is 4.37. The largest absolute Gasteiger partial charge is 0.417 e. The number of carbonyl (C=O) groups is 1. The molecule has 20 heavy (non-hydrogen) atoms. The van der Waals surface area contributed by atoms with E-state index < -0.39 is 23.4 Å². The van der Waals surface area contributed by atoms with Crippen molar-refractivity contribution in [2.75, 3.05) is 5.32 Å². The summed E-state index contributed by atoms with van der Waals surface area (Å²) in [6.45, 7) is 0.570. The third-order valence-corrected chi connectivity index (χ3v) is 2.74. The van der Waals surface area contributed by atoms with Crippen LogP contribution in [0.2, 0.25) is 0 Å². The van der Waals surface area contributed by atoms with Gasteiger partial charge in [-0.15, -0.1) is 0 Å². The number of oxazole rings is 1. The van der Waals surface area contributed by atoms with Gasteiger partial charge in [-0.25, -0.2) is 4.79 Å². The van der Waals surface area contributed by atoms with E-state index in [1.54, 1.807) is 0 Å². The van der Waals surface area contributed by atoms with E-state index in [2.05, 4.69) is 4.98 Å². The van der Waals surface area contributed by atoms with E-state index in [4.69, 9.17) is 10.2 Å². The van der Waals surface area contributed by atoms with E-state index in [0.717, 1.165) is 0 Å². The molecule has 1 aromatic heterocycles. The first-order valence-corrected chi connectivity index (χ1v) is 5.41. The van der Waals surface area contributed by atoms with Crippen LogP contribution in [0.25, 0.3) is 11.1 Å². The predicted octanol–water partition coefficient (Wildman–Crippen LogP) is 1.34. The van der Waals surface area contributed by atoms with Crippen LogP contribution >= 0.6 is 0 Å². The van der Waals surface area contributed by atoms with Gasteiger partial charge in [-0.2, -0.15) is 13.2 Å². The van der Waals surface area contributed by atoms with Gasteiger partial charge in [-0.1, -0.05) is 0 Å². The maximum atomic E-state index is 12.6. The van der Waals surface area contributed by atoms with Crippen LogP contribution in [0.15, 0.2) is 27.4 Å². The summed E-state index contributed by atoms with van der Waals surface area (Å²) in [5.74, 6) is -2.11. The number of hydrogen-bond donors (Lipinski definition) is 3. The number of amides is 1. The van der Waals surface area contributed by atoms with Gasteiger partial charge in [0.15, 0.2) is 11.1 Å². The van der Waals surface area contributed by atoms with Crippen molar-refractivity contribution in [3.8, 4) is 0 Å². The van der Waals surface area contributed by atoms with E-state index in [-0.39, 0.29) is 16.8 Å². The molecule has 0 aliphatic carbocycles. The summed E-state index contributed by atoms with van der Waals surface area (Å²) in [7, 11) is 0. The highest BCUT2D eigenvalue weighted by atomic mass is 19.4. The number of H-pyrrole nitrogens is 1.